The monoisotopic (exact) mass is 462 g/mol. The van der Waals surface area contributed by atoms with E-state index in [9.17, 15) is 9.59 Å². The normalized spacial score (nSPS) is 10.8. The van der Waals surface area contributed by atoms with Crippen LogP contribution in [0.5, 0.6) is 0 Å². The molecule has 4 rings (SSSR count). The topological polar surface area (TPSA) is 84.0 Å². The molecule has 0 aliphatic carbocycles. The Morgan fingerprint density at radius 3 is 2.50 bits per heavy atom. The molecule has 2 N–H and O–H groups in total. The van der Waals surface area contributed by atoms with Crippen LogP contribution >= 0.6 is 23.1 Å². The predicted molar refractivity (Wildman–Crippen MR) is 131 cm³/mol. The molecule has 162 valence electrons. The van der Waals surface area contributed by atoms with Gasteiger partial charge in [-0.25, -0.2) is 0 Å². The van der Waals surface area contributed by atoms with E-state index in [1.54, 1.807) is 0 Å². The molecule has 0 saturated heterocycles. The number of nitrogens with zero attached hydrogens (tertiary/aromatic N) is 2. The number of benzene rings is 3. The lowest BCUT2D eigenvalue weighted by Gasteiger charge is -2.06. The number of amides is 2. The number of carbonyl (C=O) groups is 2. The van der Waals surface area contributed by atoms with Crippen molar-refractivity contribution in [3.8, 4) is 0 Å². The van der Waals surface area contributed by atoms with Crippen LogP contribution in [0.25, 0.3) is 10.8 Å². The van der Waals surface area contributed by atoms with Crippen molar-refractivity contribution in [2.75, 3.05) is 16.4 Å². The largest absolute Gasteiger partial charge is 0.325 e. The summed E-state index contributed by atoms with van der Waals surface area (Å²) in [4.78, 5) is 24.7. The van der Waals surface area contributed by atoms with Crippen LogP contribution in [0.4, 0.5) is 10.8 Å². The summed E-state index contributed by atoms with van der Waals surface area (Å²) in [6, 6.07) is 21.7. The molecule has 4 aromatic rings. The van der Waals surface area contributed by atoms with Gasteiger partial charge in [0.25, 0.3) is 0 Å². The van der Waals surface area contributed by atoms with Gasteiger partial charge in [-0.05, 0) is 40.5 Å². The summed E-state index contributed by atoms with van der Waals surface area (Å²) in [6.45, 7) is 2.09. The molecule has 0 atom stereocenters. The number of fused-ring (bicyclic) bond motifs is 1. The molecule has 2 amide bonds. The van der Waals surface area contributed by atoms with Crippen molar-refractivity contribution in [3.63, 3.8) is 0 Å². The molecule has 0 aliphatic heterocycles. The zero-order valence-corrected chi connectivity index (χ0v) is 19.1. The van der Waals surface area contributed by atoms with Crippen molar-refractivity contribution < 1.29 is 9.59 Å². The Morgan fingerprint density at radius 1 is 0.906 bits per heavy atom. The van der Waals surface area contributed by atoms with E-state index in [1.807, 2.05) is 66.7 Å². The van der Waals surface area contributed by atoms with Crippen molar-refractivity contribution in [1.82, 2.24) is 10.2 Å². The molecule has 32 heavy (non-hydrogen) atoms. The Bertz CT molecular complexity index is 1230. The smallest absolute Gasteiger partial charge is 0.234 e. The van der Waals surface area contributed by atoms with E-state index in [2.05, 4.69) is 27.8 Å². The molecule has 8 heteroatoms. The lowest BCUT2D eigenvalue weighted by molar-refractivity contribution is -0.115. The van der Waals surface area contributed by atoms with Gasteiger partial charge in [0.2, 0.25) is 16.9 Å². The summed E-state index contributed by atoms with van der Waals surface area (Å²) in [7, 11) is 0. The molecule has 6 nitrogen and oxygen atoms in total. The zero-order chi connectivity index (χ0) is 22.3. The third-order valence-electron chi connectivity index (χ3n) is 4.86. The molecule has 0 spiro atoms. The summed E-state index contributed by atoms with van der Waals surface area (Å²) >= 11 is 2.55. The summed E-state index contributed by atoms with van der Waals surface area (Å²) in [5.74, 6) is -0.0491. The van der Waals surface area contributed by atoms with Crippen molar-refractivity contribution in [1.29, 1.82) is 0 Å². The van der Waals surface area contributed by atoms with Gasteiger partial charge in [-0.2, -0.15) is 0 Å². The standard InChI is InChI=1S/C24H22N4O2S2/c1-2-16-10-12-19(13-11-16)25-22(30)15-31-24-28-27-23(32-24)26-21(29)14-18-8-5-7-17-6-3-4-9-20(17)18/h3-13H,2,14-15H2,1H3,(H,25,30)(H,26,27,29). The highest BCUT2D eigenvalue weighted by atomic mass is 32.2. The van der Waals surface area contributed by atoms with E-state index in [1.165, 1.54) is 28.7 Å². The van der Waals surface area contributed by atoms with Gasteiger partial charge in [-0.1, -0.05) is 84.6 Å². The quantitative estimate of drug-likeness (QED) is 0.279. The Hall–Kier alpha value is -3.23. The number of aryl methyl sites for hydroxylation is 1. The molecule has 3 aromatic carbocycles. The molecule has 0 unspecified atom stereocenters. The fourth-order valence-electron chi connectivity index (χ4n) is 3.25. The molecule has 0 fully saturated rings. The first-order chi connectivity index (χ1) is 15.6. The third kappa shape index (κ3) is 5.72. The second kappa shape index (κ2) is 10.4. The van der Waals surface area contributed by atoms with E-state index in [4.69, 9.17) is 0 Å². The van der Waals surface area contributed by atoms with Crippen LogP contribution in [0.15, 0.2) is 71.1 Å². The van der Waals surface area contributed by atoms with Gasteiger partial charge in [0, 0.05) is 5.69 Å². The summed E-state index contributed by atoms with van der Waals surface area (Å²) in [5, 5.41) is 16.4. The summed E-state index contributed by atoms with van der Waals surface area (Å²) < 4.78 is 0.627. The Kier molecular flexibility index (Phi) is 7.14. The average Bonchev–Trinajstić information content (AvgIpc) is 3.25. The van der Waals surface area contributed by atoms with Crippen molar-refractivity contribution in [2.45, 2.75) is 24.1 Å². The lowest BCUT2D eigenvalue weighted by atomic mass is 10.0. The van der Waals surface area contributed by atoms with Gasteiger partial charge in [-0.3, -0.25) is 9.59 Å². The number of thioether (sulfide) groups is 1. The maximum atomic E-state index is 12.5. The van der Waals surface area contributed by atoms with E-state index in [-0.39, 0.29) is 24.0 Å². The van der Waals surface area contributed by atoms with Crippen molar-refractivity contribution in [2.24, 2.45) is 0 Å². The second-order valence-electron chi connectivity index (χ2n) is 7.12. The molecule has 0 bridgehead atoms. The first-order valence-electron chi connectivity index (χ1n) is 10.2. The maximum Gasteiger partial charge on any atom is 0.234 e. The first-order valence-corrected chi connectivity index (χ1v) is 12.0. The van der Waals surface area contributed by atoms with Crippen LogP contribution in [0, 0.1) is 0 Å². The molecule has 0 saturated carbocycles. The number of nitrogens with one attached hydrogen (secondary N) is 2. The van der Waals surface area contributed by atoms with Gasteiger partial charge < -0.3 is 10.6 Å². The van der Waals surface area contributed by atoms with Crippen molar-refractivity contribution in [3.05, 3.63) is 77.9 Å². The van der Waals surface area contributed by atoms with Crippen LogP contribution in [0.2, 0.25) is 0 Å². The third-order valence-corrected chi connectivity index (χ3v) is 6.83. The van der Waals surface area contributed by atoms with Gasteiger partial charge in [0.05, 0.1) is 12.2 Å². The first kappa shape index (κ1) is 22.0. The predicted octanol–water partition coefficient (Wildman–Crippen LogP) is 5.17. The van der Waals surface area contributed by atoms with Crippen LogP contribution < -0.4 is 10.6 Å². The fraction of sp³-hybridized carbons (Fsp3) is 0.167. The van der Waals surface area contributed by atoms with E-state index < -0.39 is 0 Å². The van der Waals surface area contributed by atoms with Crippen LogP contribution in [-0.4, -0.2) is 27.8 Å². The zero-order valence-electron chi connectivity index (χ0n) is 17.5. The van der Waals surface area contributed by atoms with Gasteiger partial charge in [0.15, 0.2) is 4.34 Å². The summed E-state index contributed by atoms with van der Waals surface area (Å²) in [6.07, 6.45) is 1.21. The number of carbonyl (C=O) groups excluding carboxylic acids is 2. The van der Waals surface area contributed by atoms with Gasteiger partial charge >= 0.3 is 0 Å². The van der Waals surface area contributed by atoms with E-state index in [0.29, 0.717) is 9.47 Å². The van der Waals surface area contributed by atoms with Crippen LogP contribution in [0.3, 0.4) is 0 Å². The number of anilines is 2. The number of aromatic nitrogens is 2. The fourth-order valence-corrected chi connectivity index (χ4v) is 4.82. The molecule has 1 heterocycles. The molecule has 0 aliphatic rings. The minimum Gasteiger partial charge on any atom is -0.325 e. The molecule has 1 aromatic heterocycles. The number of hydrogen-bond acceptors (Lipinski definition) is 6. The Balaban J connectivity index is 1.28. The van der Waals surface area contributed by atoms with Crippen molar-refractivity contribution >= 4 is 56.5 Å². The highest BCUT2D eigenvalue weighted by molar-refractivity contribution is 8.01. The van der Waals surface area contributed by atoms with Crippen LogP contribution in [-0.2, 0) is 22.4 Å². The average molecular weight is 463 g/mol. The lowest BCUT2D eigenvalue weighted by Crippen LogP contribution is -2.14. The molecule has 0 radical (unpaired) electrons. The number of hydrogen-bond donors (Lipinski definition) is 2. The minimum atomic E-state index is -0.151. The SMILES string of the molecule is CCc1ccc(NC(=O)CSc2nnc(NC(=O)Cc3cccc4ccccc34)s2)cc1. The minimum absolute atomic E-state index is 0.115. The highest BCUT2D eigenvalue weighted by Crippen LogP contribution is 2.26. The second-order valence-corrected chi connectivity index (χ2v) is 9.32. The molecular weight excluding hydrogens is 440 g/mol. The Labute approximate surface area is 194 Å². The number of rotatable bonds is 8. The van der Waals surface area contributed by atoms with Gasteiger partial charge in [0.1, 0.15) is 0 Å². The highest BCUT2D eigenvalue weighted by Gasteiger charge is 2.12. The van der Waals surface area contributed by atoms with E-state index >= 15 is 0 Å². The van der Waals surface area contributed by atoms with Gasteiger partial charge in [-0.15, -0.1) is 10.2 Å². The summed E-state index contributed by atoms with van der Waals surface area (Å²) in [5.41, 5.74) is 2.95. The van der Waals surface area contributed by atoms with E-state index in [0.717, 1.165) is 28.4 Å². The van der Waals surface area contributed by atoms with Crippen LogP contribution in [0.1, 0.15) is 18.1 Å². The Morgan fingerprint density at radius 2 is 1.69 bits per heavy atom. The molecular formula is C24H22N4O2S2. The maximum absolute atomic E-state index is 12.5.